The summed E-state index contributed by atoms with van der Waals surface area (Å²) in [6.45, 7) is 3.40. The Labute approximate surface area is 201 Å². The number of aromatic nitrogens is 1. The number of nitrogens with two attached hydrogens (primary N) is 1. The predicted molar refractivity (Wildman–Crippen MR) is 135 cm³/mol. The Kier molecular flexibility index (Phi) is 6.91. The quantitative estimate of drug-likeness (QED) is 0.429. The van der Waals surface area contributed by atoms with Gasteiger partial charge in [0, 0.05) is 12.5 Å². The van der Waals surface area contributed by atoms with Crippen molar-refractivity contribution in [2.24, 2.45) is 11.8 Å². The molecule has 0 bridgehead atoms. The van der Waals surface area contributed by atoms with Gasteiger partial charge in [0.2, 0.25) is 0 Å². The number of hydrogen-bond donors (Lipinski definition) is 1. The number of piperidine rings is 1. The number of carbonyl (C=O) groups is 1. The van der Waals surface area contributed by atoms with Crippen molar-refractivity contribution >= 4 is 22.4 Å². The fraction of sp³-hybridized carbons (Fsp3) is 0.448. The predicted octanol–water partition coefficient (Wildman–Crippen LogP) is 6.17. The van der Waals surface area contributed by atoms with Crippen LogP contribution < -0.4 is 5.73 Å². The summed E-state index contributed by atoms with van der Waals surface area (Å²) >= 11 is 0. The van der Waals surface area contributed by atoms with Gasteiger partial charge in [0.25, 0.3) is 0 Å². The molecule has 0 amide bonds. The molecule has 4 nitrogen and oxygen atoms in total. The summed E-state index contributed by atoms with van der Waals surface area (Å²) < 4.78 is 14.4. The third-order valence-electron chi connectivity index (χ3n) is 7.79. The zero-order valence-electron chi connectivity index (χ0n) is 19.8. The number of rotatable bonds is 7. The molecule has 5 heteroatoms. The molecule has 2 N–H and O–H groups in total. The molecule has 3 aromatic rings. The van der Waals surface area contributed by atoms with Crippen molar-refractivity contribution in [3.63, 3.8) is 0 Å². The van der Waals surface area contributed by atoms with Gasteiger partial charge in [0.1, 0.15) is 5.82 Å². The molecule has 2 aromatic carbocycles. The highest BCUT2D eigenvalue weighted by atomic mass is 19.1. The van der Waals surface area contributed by atoms with E-state index in [4.69, 9.17) is 5.73 Å². The van der Waals surface area contributed by atoms with E-state index in [1.54, 1.807) is 12.1 Å². The van der Waals surface area contributed by atoms with Gasteiger partial charge in [0.05, 0.1) is 27.8 Å². The fourth-order valence-electron chi connectivity index (χ4n) is 5.83. The number of likely N-dealkylation sites (tertiary alicyclic amines) is 1. The van der Waals surface area contributed by atoms with Crippen molar-refractivity contribution in [3.05, 3.63) is 71.2 Å². The number of benzene rings is 2. The van der Waals surface area contributed by atoms with E-state index < -0.39 is 5.82 Å². The number of halogens is 1. The summed E-state index contributed by atoms with van der Waals surface area (Å²) in [5.74, 6) is 0.429. The Morgan fingerprint density at radius 3 is 2.53 bits per heavy atom. The summed E-state index contributed by atoms with van der Waals surface area (Å²) in [5.41, 5.74) is 9.71. The molecule has 1 saturated heterocycles. The van der Waals surface area contributed by atoms with Gasteiger partial charge in [-0.3, -0.25) is 14.7 Å². The first-order valence-corrected chi connectivity index (χ1v) is 12.8. The monoisotopic (exact) mass is 459 g/mol. The average molecular weight is 460 g/mol. The lowest BCUT2D eigenvalue weighted by Crippen LogP contribution is -2.33. The maximum atomic E-state index is 14.4. The lowest BCUT2D eigenvalue weighted by atomic mass is 9.80. The minimum atomic E-state index is -0.407. The van der Waals surface area contributed by atoms with E-state index in [1.807, 2.05) is 0 Å². The van der Waals surface area contributed by atoms with Crippen LogP contribution in [0.4, 0.5) is 10.1 Å². The Morgan fingerprint density at radius 2 is 1.74 bits per heavy atom. The van der Waals surface area contributed by atoms with Crippen LogP contribution in [-0.4, -0.2) is 28.8 Å². The molecule has 1 atom stereocenters. The highest BCUT2D eigenvalue weighted by Gasteiger charge is 2.31. The number of hydrogen-bond acceptors (Lipinski definition) is 4. The van der Waals surface area contributed by atoms with Gasteiger partial charge >= 0.3 is 0 Å². The summed E-state index contributed by atoms with van der Waals surface area (Å²) in [5, 5.41) is 0.286. The van der Waals surface area contributed by atoms with Gasteiger partial charge in [0.15, 0.2) is 5.78 Å². The first-order valence-electron chi connectivity index (χ1n) is 12.8. The fourth-order valence-corrected chi connectivity index (χ4v) is 5.83. The van der Waals surface area contributed by atoms with E-state index in [9.17, 15) is 9.18 Å². The molecule has 34 heavy (non-hydrogen) atoms. The van der Waals surface area contributed by atoms with Gasteiger partial charge in [-0.15, -0.1) is 0 Å². The van der Waals surface area contributed by atoms with Crippen LogP contribution in [0.2, 0.25) is 0 Å². The van der Waals surface area contributed by atoms with E-state index in [0.717, 1.165) is 43.8 Å². The highest BCUT2D eigenvalue weighted by molar-refractivity contribution is 6.10. The van der Waals surface area contributed by atoms with Gasteiger partial charge in [-0.05, 0) is 68.8 Å². The van der Waals surface area contributed by atoms with Gasteiger partial charge in [-0.25, -0.2) is 4.39 Å². The Balaban J connectivity index is 1.10. The minimum absolute atomic E-state index is 0.0199. The average Bonchev–Trinajstić information content (AvgIpc) is 2.84. The molecular weight excluding hydrogens is 425 g/mol. The van der Waals surface area contributed by atoms with Crippen molar-refractivity contribution in [1.82, 2.24) is 9.88 Å². The molecule has 1 unspecified atom stereocenters. The molecule has 2 heterocycles. The number of unbranched alkanes of at least 4 members (excludes halogenated alkanes) is 1. The minimum Gasteiger partial charge on any atom is -0.397 e. The summed E-state index contributed by atoms with van der Waals surface area (Å²) in [4.78, 5) is 20.4. The van der Waals surface area contributed by atoms with E-state index in [2.05, 4.69) is 40.2 Å². The van der Waals surface area contributed by atoms with Crippen LogP contribution in [0, 0.1) is 17.7 Å². The largest absolute Gasteiger partial charge is 0.397 e. The number of nitrogens with zero attached hydrogens (tertiary/aromatic N) is 2. The number of carbonyl (C=O) groups excluding carboxylic acids is 1. The third kappa shape index (κ3) is 4.85. The van der Waals surface area contributed by atoms with Crippen LogP contribution in [0.25, 0.3) is 10.9 Å². The number of nitrogen functional groups attached to an aromatic ring is 1. The van der Waals surface area contributed by atoms with Gasteiger partial charge in [-0.1, -0.05) is 55.7 Å². The van der Waals surface area contributed by atoms with Crippen LogP contribution >= 0.6 is 0 Å². The number of anilines is 1. The second kappa shape index (κ2) is 10.2. The Morgan fingerprint density at radius 1 is 0.971 bits per heavy atom. The molecule has 1 aliphatic carbocycles. The SMILES string of the molecule is Nc1c2c(nc3cccc(F)c13)CCC(CCCCC1CCN(Cc3ccccc3)CC1)C2=O. The molecule has 1 fully saturated rings. The van der Waals surface area contributed by atoms with Gasteiger partial charge < -0.3 is 5.73 Å². The van der Waals surface area contributed by atoms with E-state index in [-0.39, 0.29) is 22.8 Å². The van der Waals surface area contributed by atoms with Crippen LogP contribution in [0.1, 0.15) is 66.6 Å². The lowest BCUT2D eigenvalue weighted by molar-refractivity contribution is 0.0891. The maximum absolute atomic E-state index is 14.4. The molecule has 0 radical (unpaired) electrons. The van der Waals surface area contributed by atoms with Crippen LogP contribution in [-0.2, 0) is 13.0 Å². The van der Waals surface area contributed by atoms with Crippen LogP contribution in [0.15, 0.2) is 48.5 Å². The molecular formula is C29H34FN3O. The normalized spacial score (nSPS) is 19.4. The zero-order chi connectivity index (χ0) is 23.5. The standard InChI is InChI=1S/C29H34FN3O/c30-23-11-6-12-24-26(23)28(31)27-25(32-24)14-13-22(29(27)34)10-5-4-7-20-15-17-33(18-16-20)19-21-8-2-1-3-9-21/h1-3,6,8-9,11-12,20,22H,4-5,7,10,13-19H2,(H2,31,32). The lowest BCUT2D eigenvalue weighted by Gasteiger charge is -2.32. The van der Waals surface area contributed by atoms with E-state index >= 15 is 0 Å². The summed E-state index contributed by atoms with van der Waals surface area (Å²) in [6, 6.07) is 15.5. The van der Waals surface area contributed by atoms with E-state index in [1.165, 1.54) is 50.4 Å². The van der Waals surface area contributed by atoms with E-state index in [0.29, 0.717) is 11.1 Å². The number of aryl methyl sites for hydroxylation is 1. The zero-order valence-corrected chi connectivity index (χ0v) is 19.8. The molecule has 178 valence electrons. The molecule has 0 saturated carbocycles. The molecule has 1 aromatic heterocycles. The molecule has 2 aliphatic rings. The Hall–Kier alpha value is -2.79. The second-order valence-corrected chi connectivity index (χ2v) is 10.1. The highest BCUT2D eigenvalue weighted by Crippen LogP contribution is 2.36. The smallest absolute Gasteiger partial charge is 0.169 e. The summed E-state index contributed by atoms with van der Waals surface area (Å²) in [6.07, 6.45) is 8.45. The number of ketones is 1. The molecule has 5 rings (SSSR count). The van der Waals surface area contributed by atoms with Crippen molar-refractivity contribution in [1.29, 1.82) is 0 Å². The first kappa shape index (κ1) is 23.0. The van der Waals surface area contributed by atoms with Gasteiger partial charge in [-0.2, -0.15) is 0 Å². The first-order chi connectivity index (χ1) is 16.6. The Bertz CT molecular complexity index is 1150. The number of pyridine rings is 1. The number of Topliss-reactive ketones (excluding diaryl/α,β-unsaturated/α-hetero) is 1. The van der Waals surface area contributed by atoms with Crippen molar-refractivity contribution in [3.8, 4) is 0 Å². The van der Waals surface area contributed by atoms with Crippen LogP contribution in [0.5, 0.6) is 0 Å². The van der Waals surface area contributed by atoms with Crippen molar-refractivity contribution in [2.45, 2.75) is 57.9 Å². The maximum Gasteiger partial charge on any atom is 0.169 e. The molecule has 0 spiro atoms. The summed E-state index contributed by atoms with van der Waals surface area (Å²) in [7, 11) is 0. The van der Waals surface area contributed by atoms with Crippen molar-refractivity contribution in [2.75, 3.05) is 18.8 Å². The van der Waals surface area contributed by atoms with Crippen LogP contribution in [0.3, 0.4) is 0 Å². The number of fused-ring (bicyclic) bond motifs is 2. The second-order valence-electron chi connectivity index (χ2n) is 10.1. The topological polar surface area (TPSA) is 59.2 Å². The van der Waals surface area contributed by atoms with Crippen molar-refractivity contribution < 1.29 is 9.18 Å². The third-order valence-corrected chi connectivity index (χ3v) is 7.79. The molecule has 1 aliphatic heterocycles.